The van der Waals surface area contributed by atoms with Gasteiger partial charge in [-0.15, -0.1) is 0 Å². The minimum atomic E-state index is 0.754. The van der Waals surface area contributed by atoms with Gasteiger partial charge in [0.1, 0.15) is 5.75 Å². The molecule has 3 heteroatoms. The predicted molar refractivity (Wildman–Crippen MR) is 103 cm³/mol. The number of ether oxygens (including phenoxy) is 1. The van der Waals surface area contributed by atoms with Crippen molar-refractivity contribution in [2.45, 2.75) is 31.1 Å². The molecule has 1 fully saturated rings. The van der Waals surface area contributed by atoms with E-state index in [4.69, 9.17) is 4.74 Å². The van der Waals surface area contributed by atoms with Crippen LogP contribution in [0.1, 0.15) is 42.2 Å². The molecule has 1 saturated carbocycles. The molecule has 2 aromatic carbocycles. The van der Waals surface area contributed by atoms with Crippen molar-refractivity contribution in [1.29, 1.82) is 0 Å². The number of para-hydroxylation sites is 2. The van der Waals surface area contributed by atoms with Crippen molar-refractivity contribution in [3.05, 3.63) is 53.7 Å². The number of benzene rings is 2. The first kappa shape index (κ1) is 14.9. The van der Waals surface area contributed by atoms with Crippen LogP contribution in [0, 0.1) is 0 Å². The highest BCUT2D eigenvalue weighted by atomic mass is 16.5. The maximum atomic E-state index is 5.60. The normalized spacial score (nSPS) is 20.9. The van der Waals surface area contributed by atoms with Gasteiger partial charge < -0.3 is 14.2 Å². The van der Waals surface area contributed by atoms with E-state index >= 15 is 0 Å². The van der Waals surface area contributed by atoms with Gasteiger partial charge >= 0.3 is 0 Å². The molecule has 3 nitrogen and oxygen atoms in total. The van der Waals surface area contributed by atoms with Crippen molar-refractivity contribution in [2.24, 2.45) is 7.05 Å². The number of aryl methyl sites for hydroxylation is 1. The summed E-state index contributed by atoms with van der Waals surface area (Å²) >= 11 is 0. The number of hydrogen-bond donors (Lipinski definition) is 0. The van der Waals surface area contributed by atoms with Crippen LogP contribution in [0.2, 0.25) is 0 Å². The van der Waals surface area contributed by atoms with Gasteiger partial charge in [-0.25, -0.2) is 0 Å². The zero-order valence-electron chi connectivity index (χ0n) is 15.1. The Balaban J connectivity index is 1.75. The van der Waals surface area contributed by atoms with Crippen molar-refractivity contribution in [1.82, 2.24) is 4.57 Å². The van der Waals surface area contributed by atoms with E-state index in [2.05, 4.69) is 54.0 Å². The third-order valence-corrected chi connectivity index (χ3v) is 6.30. The standard InChI is InChI=1S/C22H24N2O/c1-23-11-10-16-19(24(2)18-6-4-5-7-20(18)25-3)13-17-14-8-9-15(12-14)21(17)22(16)23/h4-7,10-11,13-15H,8-9,12H2,1-3H3. The van der Waals surface area contributed by atoms with Gasteiger partial charge in [0.05, 0.1) is 24.0 Å². The van der Waals surface area contributed by atoms with Gasteiger partial charge in [-0.3, -0.25) is 0 Å². The molecule has 0 spiro atoms. The number of rotatable bonds is 3. The lowest BCUT2D eigenvalue weighted by atomic mass is 9.89. The number of fused-ring (bicyclic) bond motifs is 7. The summed E-state index contributed by atoms with van der Waals surface area (Å²) < 4.78 is 7.91. The Labute approximate surface area is 148 Å². The lowest BCUT2D eigenvalue weighted by molar-refractivity contribution is 0.415. The van der Waals surface area contributed by atoms with E-state index in [1.54, 1.807) is 18.2 Å². The number of methoxy groups -OCH3 is 1. The van der Waals surface area contributed by atoms with Crippen molar-refractivity contribution in [2.75, 3.05) is 19.1 Å². The van der Waals surface area contributed by atoms with Gasteiger partial charge in [-0.05, 0) is 66.5 Å². The number of hydrogen-bond acceptors (Lipinski definition) is 2. The summed E-state index contributed by atoms with van der Waals surface area (Å²) in [7, 11) is 6.08. The van der Waals surface area contributed by atoms with Crippen LogP contribution in [0.15, 0.2) is 42.6 Å². The summed E-state index contributed by atoms with van der Waals surface area (Å²) in [6.07, 6.45) is 6.26. The first-order valence-corrected chi connectivity index (χ1v) is 9.17. The quantitative estimate of drug-likeness (QED) is 0.646. The highest BCUT2D eigenvalue weighted by Crippen LogP contribution is 2.56. The molecule has 25 heavy (non-hydrogen) atoms. The van der Waals surface area contributed by atoms with Crippen molar-refractivity contribution < 1.29 is 4.74 Å². The summed E-state index contributed by atoms with van der Waals surface area (Å²) in [5, 5.41) is 1.35. The van der Waals surface area contributed by atoms with Crippen LogP contribution >= 0.6 is 0 Å². The first-order valence-electron chi connectivity index (χ1n) is 9.17. The summed E-state index contributed by atoms with van der Waals surface area (Å²) in [4.78, 5) is 2.29. The molecule has 2 atom stereocenters. The van der Waals surface area contributed by atoms with Crippen molar-refractivity contribution >= 4 is 22.3 Å². The molecule has 0 saturated heterocycles. The van der Waals surface area contributed by atoms with Crippen LogP contribution in [0.3, 0.4) is 0 Å². The van der Waals surface area contributed by atoms with Gasteiger partial charge in [0.15, 0.2) is 0 Å². The minimum absolute atomic E-state index is 0.754. The van der Waals surface area contributed by atoms with Crippen LogP contribution in [-0.4, -0.2) is 18.7 Å². The Bertz CT molecular complexity index is 972. The Morgan fingerprint density at radius 2 is 1.88 bits per heavy atom. The molecule has 0 radical (unpaired) electrons. The van der Waals surface area contributed by atoms with Gasteiger partial charge in [0.2, 0.25) is 0 Å². The second-order valence-electron chi connectivity index (χ2n) is 7.53. The van der Waals surface area contributed by atoms with Crippen LogP contribution in [0.5, 0.6) is 5.75 Å². The van der Waals surface area contributed by atoms with Gasteiger partial charge in [0, 0.05) is 25.7 Å². The lowest BCUT2D eigenvalue weighted by Gasteiger charge is -2.26. The van der Waals surface area contributed by atoms with Gasteiger partial charge in [0.25, 0.3) is 0 Å². The Kier molecular flexibility index (Phi) is 3.15. The molecular formula is C22H24N2O. The summed E-state index contributed by atoms with van der Waals surface area (Å²) in [5.74, 6) is 2.43. The van der Waals surface area contributed by atoms with E-state index in [1.807, 2.05) is 12.1 Å². The Hall–Kier alpha value is -2.42. The van der Waals surface area contributed by atoms with E-state index in [0.717, 1.165) is 23.3 Å². The molecule has 0 N–H and O–H groups in total. The fourth-order valence-electron chi connectivity index (χ4n) is 5.12. The number of anilines is 2. The highest BCUT2D eigenvalue weighted by molar-refractivity contribution is 5.99. The maximum Gasteiger partial charge on any atom is 0.142 e. The van der Waals surface area contributed by atoms with Gasteiger partial charge in [-0.1, -0.05) is 12.1 Å². The molecule has 5 rings (SSSR count). The van der Waals surface area contributed by atoms with Crippen LogP contribution in [-0.2, 0) is 7.05 Å². The second-order valence-corrected chi connectivity index (χ2v) is 7.53. The van der Waals surface area contributed by atoms with E-state index in [9.17, 15) is 0 Å². The van der Waals surface area contributed by atoms with E-state index in [0.29, 0.717) is 0 Å². The Morgan fingerprint density at radius 1 is 1.08 bits per heavy atom. The summed E-state index contributed by atoms with van der Waals surface area (Å²) in [5.41, 5.74) is 7.03. The lowest BCUT2D eigenvalue weighted by Crippen LogP contribution is -2.13. The first-order chi connectivity index (χ1) is 12.2. The average molecular weight is 332 g/mol. The highest BCUT2D eigenvalue weighted by Gasteiger charge is 2.39. The third kappa shape index (κ3) is 1.98. The van der Waals surface area contributed by atoms with Crippen molar-refractivity contribution in [3.63, 3.8) is 0 Å². The smallest absolute Gasteiger partial charge is 0.142 e. The topological polar surface area (TPSA) is 17.4 Å². The third-order valence-electron chi connectivity index (χ3n) is 6.30. The van der Waals surface area contributed by atoms with Gasteiger partial charge in [-0.2, -0.15) is 0 Å². The molecule has 2 aliphatic carbocycles. The second kappa shape index (κ2) is 5.29. The van der Waals surface area contributed by atoms with E-state index < -0.39 is 0 Å². The molecule has 2 unspecified atom stereocenters. The van der Waals surface area contributed by atoms with Crippen LogP contribution in [0.4, 0.5) is 11.4 Å². The number of nitrogens with zero attached hydrogens (tertiary/aromatic N) is 2. The summed E-state index contributed by atoms with van der Waals surface area (Å²) in [6, 6.07) is 13.0. The minimum Gasteiger partial charge on any atom is -0.495 e. The summed E-state index contributed by atoms with van der Waals surface area (Å²) in [6.45, 7) is 0. The molecule has 1 aromatic heterocycles. The molecule has 0 aliphatic heterocycles. The van der Waals surface area contributed by atoms with E-state index in [1.165, 1.54) is 35.9 Å². The molecule has 2 bridgehead atoms. The molecule has 2 aliphatic rings. The molecule has 1 heterocycles. The zero-order chi connectivity index (χ0) is 17.1. The monoisotopic (exact) mass is 332 g/mol. The van der Waals surface area contributed by atoms with Crippen molar-refractivity contribution in [3.8, 4) is 5.75 Å². The molecule has 3 aromatic rings. The fraction of sp³-hybridized carbons (Fsp3) is 0.364. The Morgan fingerprint density at radius 3 is 2.72 bits per heavy atom. The zero-order valence-corrected chi connectivity index (χ0v) is 15.1. The largest absolute Gasteiger partial charge is 0.495 e. The van der Waals surface area contributed by atoms with E-state index in [-0.39, 0.29) is 0 Å². The SMILES string of the molecule is COc1ccccc1N(C)c1cc2c(c3c1ccn3C)C1CCC2C1. The molecule has 128 valence electrons. The molecule has 0 amide bonds. The van der Waals surface area contributed by atoms with Crippen LogP contribution < -0.4 is 9.64 Å². The van der Waals surface area contributed by atoms with Crippen LogP contribution in [0.25, 0.3) is 10.9 Å². The predicted octanol–water partition coefficient (Wildman–Crippen LogP) is 5.32. The average Bonchev–Trinajstić information content (AvgIpc) is 3.35. The number of aromatic nitrogens is 1. The fourth-order valence-corrected chi connectivity index (χ4v) is 5.12. The molecular weight excluding hydrogens is 308 g/mol. The maximum absolute atomic E-state index is 5.60.